The summed E-state index contributed by atoms with van der Waals surface area (Å²) >= 11 is 7.29. The van der Waals surface area contributed by atoms with Crippen LogP contribution in [0.1, 0.15) is 30.3 Å². The largest absolute Gasteiger partial charge is 0.493 e. The first-order chi connectivity index (χ1) is 10.6. The van der Waals surface area contributed by atoms with Crippen molar-refractivity contribution in [1.82, 2.24) is 10.2 Å². The van der Waals surface area contributed by atoms with Crippen molar-refractivity contribution < 1.29 is 9.53 Å². The Balaban J connectivity index is 1.70. The van der Waals surface area contributed by atoms with Gasteiger partial charge < -0.3 is 10.1 Å². The van der Waals surface area contributed by atoms with Crippen LogP contribution < -0.4 is 10.1 Å². The molecule has 0 unspecified atom stereocenters. The van der Waals surface area contributed by atoms with E-state index in [9.17, 15) is 4.79 Å². The standard InChI is InChI=1S/C15H18ClN3O2S/c1-3-14-18-19-15(22-14)17-13(20)5-4-8-21-12-7-6-11(16)9-10(12)2/h6-7,9H,3-5,8H2,1-2H3,(H,17,19,20). The molecule has 0 aliphatic carbocycles. The van der Waals surface area contributed by atoms with Crippen LogP contribution in [0.4, 0.5) is 5.13 Å². The molecule has 1 aromatic carbocycles. The normalized spacial score (nSPS) is 10.5. The van der Waals surface area contributed by atoms with E-state index in [-0.39, 0.29) is 5.91 Å². The predicted molar refractivity (Wildman–Crippen MR) is 88.8 cm³/mol. The van der Waals surface area contributed by atoms with Gasteiger partial charge in [0.05, 0.1) is 6.61 Å². The van der Waals surface area contributed by atoms with Gasteiger partial charge in [0.1, 0.15) is 10.8 Å². The van der Waals surface area contributed by atoms with Crippen LogP contribution in [-0.2, 0) is 11.2 Å². The van der Waals surface area contributed by atoms with Crippen molar-refractivity contribution in [3.05, 3.63) is 33.8 Å². The molecule has 0 spiro atoms. The molecule has 0 atom stereocenters. The van der Waals surface area contributed by atoms with Gasteiger partial charge in [-0.3, -0.25) is 4.79 Å². The van der Waals surface area contributed by atoms with Crippen LogP contribution in [0.15, 0.2) is 18.2 Å². The van der Waals surface area contributed by atoms with Gasteiger partial charge in [-0.2, -0.15) is 0 Å². The van der Waals surface area contributed by atoms with E-state index in [2.05, 4.69) is 15.5 Å². The quantitative estimate of drug-likeness (QED) is 0.778. The van der Waals surface area contributed by atoms with Gasteiger partial charge in [-0.25, -0.2) is 0 Å². The third-order valence-corrected chi connectivity index (χ3v) is 4.18. The molecule has 1 N–H and O–H groups in total. The van der Waals surface area contributed by atoms with E-state index in [1.54, 1.807) is 6.07 Å². The molecule has 2 aromatic rings. The van der Waals surface area contributed by atoms with Gasteiger partial charge in [0.2, 0.25) is 11.0 Å². The molecular weight excluding hydrogens is 322 g/mol. The van der Waals surface area contributed by atoms with Gasteiger partial charge in [-0.05, 0) is 43.5 Å². The van der Waals surface area contributed by atoms with Crippen molar-refractivity contribution in [2.24, 2.45) is 0 Å². The summed E-state index contributed by atoms with van der Waals surface area (Å²) in [5.41, 5.74) is 0.984. The highest BCUT2D eigenvalue weighted by atomic mass is 35.5. The number of amides is 1. The zero-order valence-electron chi connectivity index (χ0n) is 12.6. The number of nitrogens with one attached hydrogen (secondary N) is 1. The van der Waals surface area contributed by atoms with Gasteiger partial charge in [-0.15, -0.1) is 10.2 Å². The summed E-state index contributed by atoms with van der Waals surface area (Å²) in [6.45, 7) is 4.42. The Labute approximate surface area is 138 Å². The number of aryl methyl sites for hydroxylation is 2. The van der Waals surface area contributed by atoms with E-state index in [0.717, 1.165) is 22.7 Å². The average Bonchev–Trinajstić information content (AvgIpc) is 2.93. The average molecular weight is 340 g/mol. The first kappa shape index (κ1) is 16.7. The fourth-order valence-electron chi connectivity index (χ4n) is 1.82. The lowest BCUT2D eigenvalue weighted by atomic mass is 10.2. The highest BCUT2D eigenvalue weighted by Crippen LogP contribution is 2.22. The van der Waals surface area contributed by atoms with Crippen LogP contribution in [0.3, 0.4) is 0 Å². The second-order valence-electron chi connectivity index (χ2n) is 4.76. The second-order valence-corrected chi connectivity index (χ2v) is 6.26. The van der Waals surface area contributed by atoms with Crippen LogP contribution in [0.5, 0.6) is 5.75 Å². The van der Waals surface area contributed by atoms with Gasteiger partial charge in [-0.1, -0.05) is 29.9 Å². The molecule has 0 fully saturated rings. The number of anilines is 1. The monoisotopic (exact) mass is 339 g/mol. The van der Waals surface area contributed by atoms with Crippen molar-refractivity contribution in [3.8, 4) is 5.75 Å². The summed E-state index contributed by atoms with van der Waals surface area (Å²) < 4.78 is 5.65. The Kier molecular flexibility index (Phi) is 6.15. The molecule has 1 aromatic heterocycles. The summed E-state index contributed by atoms with van der Waals surface area (Å²) in [5.74, 6) is 0.719. The van der Waals surface area contributed by atoms with Crippen molar-refractivity contribution in [2.75, 3.05) is 11.9 Å². The minimum Gasteiger partial charge on any atom is -0.493 e. The summed E-state index contributed by atoms with van der Waals surface area (Å²) in [5, 5.41) is 12.8. The van der Waals surface area contributed by atoms with E-state index in [1.807, 2.05) is 26.0 Å². The van der Waals surface area contributed by atoms with Crippen molar-refractivity contribution in [2.45, 2.75) is 33.1 Å². The minimum atomic E-state index is -0.0739. The molecule has 0 bridgehead atoms. The number of carbonyl (C=O) groups is 1. The lowest BCUT2D eigenvalue weighted by Gasteiger charge is -2.09. The molecule has 0 saturated carbocycles. The Morgan fingerprint density at radius 2 is 2.23 bits per heavy atom. The van der Waals surface area contributed by atoms with Crippen LogP contribution in [0.25, 0.3) is 0 Å². The number of hydrogen-bond donors (Lipinski definition) is 1. The van der Waals surface area contributed by atoms with Gasteiger partial charge in [0, 0.05) is 11.4 Å². The van der Waals surface area contributed by atoms with Crippen LogP contribution in [0.2, 0.25) is 5.02 Å². The molecule has 7 heteroatoms. The molecule has 0 saturated heterocycles. The fourth-order valence-corrected chi connectivity index (χ4v) is 2.74. The van der Waals surface area contributed by atoms with E-state index in [4.69, 9.17) is 16.3 Å². The maximum absolute atomic E-state index is 11.8. The first-order valence-electron chi connectivity index (χ1n) is 7.09. The predicted octanol–water partition coefficient (Wildman–Crippen LogP) is 3.86. The van der Waals surface area contributed by atoms with Gasteiger partial charge >= 0.3 is 0 Å². The Bertz CT molecular complexity index is 645. The summed E-state index contributed by atoms with van der Waals surface area (Å²) in [6, 6.07) is 5.48. The van der Waals surface area contributed by atoms with E-state index >= 15 is 0 Å². The van der Waals surface area contributed by atoms with Crippen LogP contribution in [-0.4, -0.2) is 22.7 Å². The minimum absolute atomic E-state index is 0.0739. The summed E-state index contributed by atoms with van der Waals surface area (Å²) in [6.07, 6.45) is 1.84. The molecule has 0 aliphatic heterocycles. The SMILES string of the molecule is CCc1nnc(NC(=O)CCCOc2ccc(Cl)cc2C)s1. The van der Waals surface area contributed by atoms with E-state index in [0.29, 0.717) is 29.6 Å². The zero-order valence-corrected chi connectivity index (χ0v) is 14.1. The molecule has 1 heterocycles. The maximum atomic E-state index is 11.8. The lowest BCUT2D eigenvalue weighted by Crippen LogP contribution is -2.12. The highest BCUT2D eigenvalue weighted by Gasteiger charge is 2.07. The molecule has 1 amide bonds. The molecule has 5 nitrogen and oxygen atoms in total. The Hall–Kier alpha value is -1.66. The topological polar surface area (TPSA) is 64.1 Å². The Morgan fingerprint density at radius 3 is 2.91 bits per heavy atom. The number of halogens is 1. The lowest BCUT2D eigenvalue weighted by molar-refractivity contribution is -0.116. The number of nitrogens with zero attached hydrogens (tertiary/aromatic N) is 2. The van der Waals surface area contributed by atoms with Gasteiger partial charge in [0.25, 0.3) is 0 Å². The third-order valence-electron chi connectivity index (χ3n) is 2.96. The smallest absolute Gasteiger partial charge is 0.226 e. The maximum Gasteiger partial charge on any atom is 0.226 e. The number of ether oxygens (including phenoxy) is 1. The number of benzene rings is 1. The van der Waals surface area contributed by atoms with Crippen LogP contribution in [0, 0.1) is 6.92 Å². The molecule has 0 radical (unpaired) electrons. The van der Waals surface area contributed by atoms with Crippen molar-refractivity contribution >= 4 is 34.0 Å². The van der Waals surface area contributed by atoms with E-state index in [1.165, 1.54) is 11.3 Å². The second kappa shape index (κ2) is 8.10. The molecule has 22 heavy (non-hydrogen) atoms. The molecule has 2 rings (SSSR count). The summed E-state index contributed by atoms with van der Waals surface area (Å²) in [7, 11) is 0. The van der Waals surface area contributed by atoms with Crippen LogP contribution >= 0.6 is 22.9 Å². The van der Waals surface area contributed by atoms with Crippen molar-refractivity contribution in [1.29, 1.82) is 0 Å². The number of rotatable bonds is 7. The summed E-state index contributed by atoms with van der Waals surface area (Å²) in [4.78, 5) is 11.8. The molecule has 118 valence electrons. The fraction of sp³-hybridized carbons (Fsp3) is 0.400. The Morgan fingerprint density at radius 1 is 1.41 bits per heavy atom. The first-order valence-corrected chi connectivity index (χ1v) is 8.29. The molecular formula is C15H18ClN3O2S. The van der Waals surface area contributed by atoms with Gasteiger partial charge in [0.15, 0.2) is 0 Å². The van der Waals surface area contributed by atoms with E-state index < -0.39 is 0 Å². The number of carbonyl (C=O) groups excluding carboxylic acids is 1. The number of aromatic nitrogens is 2. The van der Waals surface area contributed by atoms with Crippen molar-refractivity contribution in [3.63, 3.8) is 0 Å². The highest BCUT2D eigenvalue weighted by molar-refractivity contribution is 7.15. The molecule has 0 aliphatic rings. The number of hydrogen-bond acceptors (Lipinski definition) is 5. The zero-order chi connectivity index (χ0) is 15.9. The third kappa shape index (κ3) is 4.96.